The van der Waals surface area contributed by atoms with Gasteiger partial charge in [0, 0.05) is 25.4 Å². The summed E-state index contributed by atoms with van der Waals surface area (Å²) in [5, 5.41) is 17.1. The van der Waals surface area contributed by atoms with E-state index in [4.69, 9.17) is 10.4 Å². The number of nitrogens with zero attached hydrogens (tertiary/aromatic N) is 2. The third kappa shape index (κ3) is 2.40. The number of nitriles is 1. The van der Waals surface area contributed by atoms with Crippen LogP contribution in [-0.2, 0) is 13.2 Å². The van der Waals surface area contributed by atoms with Crippen LogP contribution < -0.4 is 0 Å². The fourth-order valence-corrected chi connectivity index (χ4v) is 1.06. The van der Waals surface area contributed by atoms with Crippen LogP contribution in [0.1, 0.15) is 18.4 Å². The minimum atomic E-state index is 0.0885. The molecule has 0 aliphatic carbocycles. The molecule has 1 aromatic rings. The summed E-state index contributed by atoms with van der Waals surface area (Å²) in [4.78, 5) is 0. The van der Waals surface area contributed by atoms with Crippen LogP contribution in [0.25, 0.3) is 0 Å². The van der Waals surface area contributed by atoms with Crippen LogP contribution in [0.15, 0.2) is 18.5 Å². The van der Waals surface area contributed by atoms with Crippen LogP contribution in [0, 0.1) is 11.3 Å². The van der Waals surface area contributed by atoms with Crippen molar-refractivity contribution in [2.24, 2.45) is 0 Å². The maximum Gasteiger partial charge on any atom is 0.0696 e. The summed E-state index contributed by atoms with van der Waals surface area (Å²) in [6.07, 6.45) is 5.28. The molecule has 0 spiro atoms. The third-order valence-electron chi connectivity index (χ3n) is 1.70. The molecule has 1 N–H and O–H groups in total. The maximum absolute atomic E-state index is 8.76. The summed E-state index contributed by atoms with van der Waals surface area (Å²) in [5.41, 5.74) is 0.923. The third-order valence-corrected chi connectivity index (χ3v) is 1.70. The molecule has 0 aliphatic rings. The van der Waals surface area contributed by atoms with Crippen LogP contribution in [0.3, 0.4) is 0 Å². The molecule has 0 aliphatic heterocycles. The van der Waals surface area contributed by atoms with Crippen LogP contribution in [-0.4, -0.2) is 9.67 Å². The lowest BCUT2D eigenvalue weighted by Gasteiger charge is -1.97. The molecule has 1 heterocycles. The average molecular weight is 164 g/mol. The van der Waals surface area contributed by atoms with E-state index in [-0.39, 0.29) is 6.61 Å². The van der Waals surface area contributed by atoms with Gasteiger partial charge in [-0.2, -0.15) is 5.26 Å². The highest BCUT2D eigenvalue weighted by atomic mass is 16.3. The Balaban J connectivity index is 2.37. The smallest absolute Gasteiger partial charge is 0.0696 e. The molecule has 0 atom stereocenters. The molecule has 3 heteroatoms. The molecule has 3 nitrogen and oxygen atoms in total. The molecule has 1 aromatic heterocycles. The minimum Gasteiger partial charge on any atom is -0.392 e. The van der Waals surface area contributed by atoms with Crippen LogP contribution in [0.4, 0.5) is 0 Å². The Kier molecular flexibility index (Phi) is 3.36. The number of aromatic nitrogens is 1. The highest BCUT2D eigenvalue weighted by Gasteiger charge is 1.94. The molecule has 64 valence electrons. The van der Waals surface area contributed by atoms with Crippen molar-refractivity contribution < 1.29 is 5.11 Å². The first kappa shape index (κ1) is 8.82. The number of unbranched alkanes of at least 4 members (excludes halogenated alkanes) is 1. The summed E-state index contributed by atoms with van der Waals surface area (Å²) in [5.74, 6) is 0. The fourth-order valence-electron chi connectivity index (χ4n) is 1.06. The molecule has 12 heavy (non-hydrogen) atoms. The Hall–Kier alpha value is -1.27. The summed E-state index contributed by atoms with van der Waals surface area (Å²) < 4.78 is 1.99. The molecule has 0 radical (unpaired) electrons. The Bertz CT molecular complexity index is 272. The zero-order chi connectivity index (χ0) is 8.81. The van der Waals surface area contributed by atoms with Crippen LogP contribution >= 0.6 is 0 Å². The summed E-state index contributed by atoms with van der Waals surface area (Å²) in [7, 11) is 0. The van der Waals surface area contributed by atoms with Gasteiger partial charge in [0.05, 0.1) is 12.7 Å². The molecular weight excluding hydrogens is 152 g/mol. The lowest BCUT2D eigenvalue weighted by Crippen LogP contribution is -1.93. The Morgan fingerprint density at radius 3 is 3.00 bits per heavy atom. The number of aryl methyl sites for hydroxylation is 1. The normalized spacial score (nSPS) is 9.67. The second-order valence-corrected chi connectivity index (χ2v) is 2.68. The van der Waals surface area contributed by atoms with Gasteiger partial charge in [0.1, 0.15) is 0 Å². The number of hydrogen-bond acceptors (Lipinski definition) is 2. The van der Waals surface area contributed by atoms with E-state index in [1.54, 1.807) is 0 Å². The van der Waals surface area contributed by atoms with Gasteiger partial charge in [-0.25, -0.2) is 0 Å². The Morgan fingerprint density at radius 1 is 1.58 bits per heavy atom. The molecule has 1 rings (SSSR count). The second-order valence-electron chi connectivity index (χ2n) is 2.68. The van der Waals surface area contributed by atoms with Gasteiger partial charge in [-0.3, -0.25) is 0 Å². The van der Waals surface area contributed by atoms with E-state index in [0.29, 0.717) is 6.42 Å². The largest absolute Gasteiger partial charge is 0.392 e. The van der Waals surface area contributed by atoms with Crippen molar-refractivity contribution in [3.8, 4) is 6.07 Å². The number of aliphatic hydroxyl groups excluding tert-OH is 1. The first-order chi connectivity index (χ1) is 5.86. The average Bonchev–Trinajstić information content (AvgIpc) is 2.53. The van der Waals surface area contributed by atoms with E-state index in [9.17, 15) is 0 Å². The van der Waals surface area contributed by atoms with Crippen LogP contribution in [0.2, 0.25) is 0 Å². The van der Waals surface area contributed by atoms with Crippen molar-refractivity contribution in [3.05, 3.63) is 24.0 Å². The maximum atomic E-state index is 8.76. The van der Waals surface area contributed by atoms with Crippen molar-refractivity contribution >= 4 is 0 Å². The number of rotatable bonds is 4. The van der Waals surface area contributed by atoms with E-state index >= 15 is 0 Å². The molecule has 0 bridgehead atoms. The SMILES string of the molecule is N#CCCCn1ccc(CO)c1. The lowest BCUT2D eigenvalue weighted by atomic mass is 10.3. The predicted octanol–water partition coefficient (Wildman–Crippen LogP) is 1.28. The van der Waals surface area contributed by atoms with Crippen LogP contribution in [0.5, 0.6) is 0 Å². The van der Waals surface area contributed by atoms with Gasteiger partial charge >= 0.3 is 0 Å². The number of hydrogen-bond donors (Lipinski definition) is 1. The van der Waals surface area contributed by atoms with Gasteiger partial charge in [-0.05, 0) is 18.1 Å². The molecule has 0 saturated carbocycles. The zero-order valence-corrected chi connectivity index (χ0v) is 6.90. The topological polar surface area (TPSA) is 49.0 Å². The Labute approximate surface area is 71.9 Å². The fraction of sp³-hybridized carbons (Fsp3) is 0.444. The first-order valence-electron chi connectivity index (χ1n) is 3.99. The van der Waals surface area contributed by atoms with E-state index in [1.807, 2.05) is 23.0 Å². The van der Waals surface area contributed by atoms with Crippen molar-refractivity contribution in [2.45, 2.75) is 26.0 Å². The van der Waals surface area contributed by atoms with Gasteiger partial charge in [-0.1, -0.05) is 0 Å². The van der Waals surface area contributed by atoms with Gasteiger partial charge in [0.15, 0.2) is 0 Å². The summed E-state index contributed by atoms with van der Waals surface area (Å²) in [6, 6.07) is 3.98. The zero-order valence-electron chi connectivity index (χ0n) is 6.90. The van der Waals surface area contributed by atoms with Gasteiger partial charge < -0.3 is 9.67 Å². The van der Waals surface area contributed by atoms with Gasteiger partial charge in [0.25, 0.3) is 0 Å². The molecule has 0 saturated heterocycles. The van der Waals surface area contributed by atoms with E-state index in [0.717, 1.165) is 18.5 Å². The second kappa shape index (κ2) is 4.58. The standard InChI is InChI=1S/C9H12N2O/c10-4-1-2-5-11-6-3-9(7-11)8-12/h3,6-7,12H,1-2,5,8H2. The van der Waals surface area contributed by atoms with Crippen molar-refractivity contribution in [2.75, 3.05) is 0 Å². The predicted molar refractivity (Wildman–Crippen MR) is 45.2 cm³/mol. The quantitative estimate of drug-likeness (QED) is 0.681. The molecule has 0 unspecified atom stereocenters. The van der Waals surface area contributed by atoms with Gasteiger partial charge in [0.2, 0.25) is 0 Å². The van der Waals surface area contributed by atoms with E-state index in [1.165, 1.54) is 0 Å². The first-order valence-corrected chi connectivity index (χ1v) is 3.99. The molecule has 0 amide bonds. The highest BCUT2D eigenvalue weighted by Crippen LogP contribution is 2.02. The summed E-state index contributed by atoms with van der Waals surface area (Å²) in [6.45, 7) is 0.943. The molecule has 0 aromatic carbocycles. The minimum absolute atomic E-state index is 0.0885. The lowest BCUT2D eigenvalue weighted by molar-refractivity contribution is 0.281. The Morgan fingerprint density at radius 2 is 2.42 bits per heavy atom. The van der Waals surface area contributed by atoms with Crippen molar-refractivity contribution in [1.29, 1.82) is 5.26 Å². The molecule has 0 fully saturated rings. The monoisotopic (exact) mass is 164 g/mol. The number of aliphatic hydroxyl groups is 1. The molecular formula is C9H12N2O. The van der Waals surface area contributed by atoms with E-state index < -0.39 is 0 Å². The highest BCUT2D eigenvalue weighted by molar-refractivity contribution is 5.08. The van der Waals surface area contributed by atoms with Gasteiger partial charge in [-0.15, -0.1) is 0 Å². The van der Waals surface area contributed by atoms with E-state index in [2.05, 4.69) is 6.07 Å². The van der Waals surface area contributed by atoms with Crippen molar-refractivity contribution in [1.82, 2.24) is 4.57 Å². The van der Waals surface area contributed by atoms with Crippen molar-refractivity contribution in [3.63, 3.8) is 0 Å². The summed E-state index contributed by atoms with van der Waals surface area (Å²) >= 11 is 0.